The molecule has 1 aromatic heterocycles. The Labute approximate surface area is 134 Å². The van der Waals surface area contributed by atoms with Crippen molar-refractivity contribution in [2.75, 3.05) is 43.0 Å². The van der Waals surface area contributed by atoms with Gasteiger partial charge in [-0.05, 0) is 19.1 Å². The lowest BCUT2D eigenvalue weighted by atomic mass is 10.1. The van der Waals surface area contributed by atoms with E-state index in [1.54, 1.807) is 12.3 Å². The van der Waals surface area contributed by atoms with Gasteiger partial charge in [0.05, 0.1) is 31.1 Å². The van der Waals surface area contributed by atoms with Crippen molar-refractivity contribution < 1.29 is 14.3 Å². The molecule has 2 amide bonds. The molecule has 0 aliphatic carbocycles. The Morgan fingerprint density at radius 2 is 2.30 bits per heavy atom. The fraction of sp³-hybridized carbons (Fsp3) is 0.533. The van der Waals surface area contributed by atoms with Crippen LogP contribution in [0.25, 0.3) is 0 Å². The van der Waals surface area contributed by atoms with E-state index in [4.69, 9.17) is 4.74 Å². The summed E-state index contributed by atoms with van der Waals surface area (Å²) in [5.74, 6) is 0.585. The van der Waals surface area contributed by atoms with Gasteiger partial charge in [0.15, 0.2) is 0 Å². The Morgan fingerprint density at radius 3 is 3.00 bits per heavy atom. The minimum Gasteiger partial charge on any atom is -0.375 e. The van der Waals surface area contributed by atoms with Gasteiger partial charge in [-0.25, -0.2) is 4.98 Å². The average Bonchev–Trinajstić information content (AvgIpc) is 2.56. The molecule has 8 heteroatoms. The topological polar surface area (TPSA) is 95.6 Å². The average molecular weight is 319 g/mol. The van der Waals surface area contributed by atoms with E-state index in [0.717, 1.165) is 12.4 Å². The Balaban J connectivity index is 1.60. The summed E-state index contributed by atoms with van der Waals surface area (Å²) in [5, 5.41) is 8.76. The normalized spacial score (nSPS) is 24.9. The van der Waals surface area contributed by atoms with E-state index in [0.29, 0.717) is 31.9 Å². The second kappa shape index (κ2) is 6.93. The predicted octanol–water partition coefficient (Wildman–Crippen LogP) is -0.667. The second-order valence-corrected chi connectivity index (χ2v) is 5.67. The third-order valence-corrected chi connectivity index (χ3v) is 3.98. The number of ether oxygens (including phenoxy) is 1. The standard InChI is InChI=1S/C15H21N5O3/c1-10-14(17-5-7-23-10)15(22)19-11-2-3-12(18-8-11)20-6-4-16-13(21)9-20/h2-3,8,10,14,17H,4-7,9H2,1H3,(H,16,21)(H,19,22)/t10-,14+/m1/s1. The molecule has 0 bridgehead atoms. The van der Waals surface area contributed by atoms with Crippen LogP contribution in [0.1, 0.15) is 6.92 Å². The summed E-state index contributed by atoms with van der Waals surface area (Å²) in [6.07, 6.45) is 1.44. The minimum absolute atomic E-state index is 0.00668. The number of rotatable bonds is 3. The van der Waals surface area contributed by atoms with Gasteiger partial charge in [-0.3, -0.25) is 9.59 Å². The first kappa shape index (κ1) is 15.7. The van der Waals surface area contributed by atoms with Gasteiger partial charge in [-0.1, -0.05) is 0 Å². The first-order chi connectivity index (χ1) is 11.1. The number of pyridine rings is 1. The highest BCUT2D eigenvalue weighted by atomic mass is 16.5. The van der Waals surface area contributed by atoms with Crippen molar-refractivity contribution in [3.8, 4) is 0 Å². The molecule has 124 valence electrons. The van der Waals surface area contributed by atoms with E-state index < -0.39 is 0 Å². The highest BCUT2D eigenvalue weighted by Crippen LogP contribution is 2.16. The molecular weight excluding hydrogens is 298 g/mol. The number of hydrogen-bond acceptors (Lipinski definition) is 6. The Bertz CT molecular complexity index is 577. The van der Waals surface area contributed by atoms with Crippen LogP contribution in [-0.2, 0) is 14.3 Å². The van der Waals surface area contributed by atoms with E-state index in [2.05, 4.69) is 20.9 Å². The number of carbonyl (C=O) groups excluding carboxylic acids is 2. The maximum absolute atomic E-state index is 12.3. The highest BCUT2D eigenvalue weighted by Gasteiger charge is 2.28. The van der Waals surface area contributed by atoms with E-state index in [-0.39, 0.29) is 24.0 Å². The van der Waals surface area contributed by atoms with Crippen LogP contribution in [0.15, 0.2) is 18.3 Å². The van der Waals surface area contributed by atoms with Crippen molar-refractivity contribution >= 4 is 23.3 Å². The first-order valence-electron chi connectivity index (χ1n) is 7.77. The summed E-state index contributed by atoms with van der Waals surface area (Å²) in [6.45, 7) is 4.80. The van der Waals surface area contributed by atoms with Crippen LogP contribution in [0.4, 0.5) is 11.5 Å². The second-order valence-electron chi connectivity index (χ2n) is 5.67. The Hall–Kier alpha value is -2.19. The van der Waals surface area contributed by atoms with Crippen LogP contribution >= 0.6 is 0 Å². The molecule has 1 aromatic rings. The van der Waals surface area contributed by atoms with Crippen molar-refractivity contribution in [3.05, 3.63) is 18.3 Å². The molecule has 2 saturated heterocycles. The minimum atomic E-state index is -0.366. The van der Waals surface area contributed by atoms with Gasteiger partial charge in [0.2, 0.25) is 11.8 Å². The largest absolute Gasteiger partial charge is 0.375 e. The number of piperazine rings is 1. The lowest BCUT2D eigenvalue weighted by molar-refractivity contribution is -0.123. The van der Waals surface area contributed by atoms with Crippen molar-refractivity contribution in [3.63, 3.8) is 0 Å². The van der Waals surface area contributed by atoms with Crippen molar-refractivity contribution in [2.45, 2.75) is 19.1 Å². The monoisotopic (exact) mass is 319 g/mol. The maximum Gasteiger partial charge on any atom is 0.244 e. The molecular formula is C15H21N5O3. The van der Waals surface area contributed by atoms with E-state index in [1.165, 1.54) is 0 Å². The van der Waals surface area contributed by atoms with Gasteiger partial charge in [0.1, 0.15) is 11.9 Å². The van der Waals surface area contributed by atoms with Gasteiger partial charge < -0.3 is 25.6 Å². The summed E-state index contributed by atoms with van der Waals surface area (Å²) < 4.78 is 5.47. The molecule has 0 aromatic carbocycles. The molecule has 2 atom stereocenters. The molecule has 0 saturated carbocycles. The quantitative estimate of drug-likeness (QED) is 0.684. The van der Waals surface area contributed by atoms with Crippen LogP contribution in [0.3, 0.4) is 0 Å². The smallest absolute Gasteiger partial charge is 0.244 e. The molecule has 0 spiro atoms. The zero-order chi connectivity index (χ0) is 16.2. The van der Waals surface area contributed by atoms with Gasteiger partial charge in [0.25, 0.3) is 0 Å². The summed E-state index contributed by atoms with van der Waals surface area (Å²) in [4.78, 5) is 29.9. The Morgan fingerprint density at radius 1 is 1.43 bits per heavy atom. The van der Waals surface area contributed by atoms with Crippen molar-refractivity contribution in [1.29, 1.82) is 0 Å². The molecule has 0 radical (unpaired) electrons. The van der Waals surface area contributed by atoms with Gasteiger partial charge in [0, 0.05) is 19.6 Å². The molecule has 3 rings (SSSR count). The number of aromatic nitrogens is 1. The number of anilines is 2. The fourth-order valence-electron chi connectivity index (χ4n) is 2.73. The summed E-state index contributed by atoms with van der Waals surface area (Å²) in [7, 11) is 0. The number of carbonyl (C=O) groups is 2. The molecule has 8 nitrogen and oxygen atoms in total. The van der Waals surface area contributed by atoms with Crippen LogP contribution in [0.5, 0.6) is 0 Å². The van der Waals surface area contributed by atoms with Crippen LogP contribution in [-0.4, -0.2) is 61.7 Å². The maximum atomic E-state index is 12.3. The number of hydrogen-bond donors (Lipinski definition) is 3. The predicted molar refractivity (Wildman–Crippen MR) is 85.3 cm³/mol. The van der Waals surface area contributed by atoms with Crippen LogP contribution < -0.4 is 20.9 Å². The molecule has 0 unspecified atom stereocenters. The Kier molecular flexibility index (Phi) is 4.73. The summed E-state index contributed by atoms with van der Waals surface area (Å²) in [6, 6.07) is 3.23. The lowest BCUT2D eigenvalue weighted by Crippen LogP contribution is -2.53. The zero-order valence-electron chi connectivity index (χ0n) is 13.0. The highest BCUT2D eigenvalue weighted by molar-refractivity contribution is 5.95. The fourth-order valence-corrected chi connectivity index (χ4v) is 2.73. The van der Waals surface area contributed by atoms with E-state index in [9.17, 15) is 9.59 Å². The third kappa shape index (κ3) is 3.77. The molecule has 3 heterocycles. The van der Waals surface area contributed by atoms with Gasteiger partial charge in [-0.15, -0.1) is 0 Å². The van der Waals surface area contributed by atoms with Crippen LogP contribution in [0.2, 0.25) is 0 Å². The summed E-state index contributed by atoms with van der Waals surface area (Å²) >= 11 is 0. The number of nitrogens with zero attached hydrogens (tertiary/aromatic N) is 2. The van der Waals surface area contributed by atoms with Gasteiger partial charge in [-0.2, -0.15) is 0 Å². The van der Waals surface area contributed by atoms with E-state index in [1.807, 2.05) is 17.9 Å². The first-order valence-corrected chi connectivity index (χ1v) is 7.77. The third-order valence-electron chi connectivity index (χ3n) is 3.98. The lowest BCUT2D eigenvalue weighted by Gasteiger charge is -2.29. The van der Waals surface area contributed by atoms with E-state index >= 15 is 0 Å². The molecule has 2 fully saturated rings. The molecule has 2 aliphatic rings. The SMILES string of the molecule is C[C@H]1OCCN[C@@H]1C(=O)Nc1ccc(N2CCNC(=O)C2)nc1. The zero-order valence-corrected chi connectivity index (χ0v) is 13.0. The van der Waals surface area contributed by atoms with Crippen LogP contribution in [0, 0.1) is 0 Å². The van der Waals surface area contributed by atoms with Crippen molar-refractivity contribution in [2.24, 2.45) is 0 Å². The number of amides is 2. The van der Waals surface area contributed by atoms with Crippen molar-refractivity contribution in [1.82, 2.24) is 15.6 Å². The molecule has 3 N–H and O–H groups in total. The number of nitrogens with one attached hydrogen (secondary N) is 3. The molecule has 23 heavy (non-hydrogen) atoms. The molecule has 2 aliphatic heterocycles. The van der Waals surface area contributed by atoms with Gasteiger partial charge >= 0.3 is 0 Å². The number of morpholine rings is 1. The summed E-state index contributed by atoms with van der Waals surface area (Å²) in [5.41, 5.74) is 0.625.